The van der Waals surface area contributed by atoms with Crippen LogP contribution in [0.25, 0.3) is 0 Å². The van der Waals surface area contributed by atoms with E-state index in [4.69, 9.17) is 9.26 Å². The fourth-order valence-corrected chi connectivity index (χ4v) is 3.26. The monoisotopic (exact) mass is 336 g/mol. The van der Waals surface area contributed by atoms with Gasteiger partial charge in [-0.25, -0.2) is 4.99 Å². The predicted molar refractivity (Wildman–Crippen MR) is 96.1 cm³/mol. The number of aryl methyl sites for hydroxylation is 2. The third-order valence-electron chi connectivity index (χ3n) is 4.52. The van der Waals surface area contributed by atoms with Crippen LogP contribution in [0.1, 0.15) is 51.1 Å². The van der Waals surface area contributed by atoms with Crippen LogP contribution in [0.2, 0.25) is 0 Å². The highest BCUT2D eigenvalue weighted by Gasteiger charge is 2.37. The molecule has 2 N–H and O–H groups in total. The van der Waals surface area contributed by atoms with Crippen LogP contribution in [0.15, 0.2) is 9.52 Å². The van der Waals surface area contributed by atoms with Gasteiger partial charge in [0.2, 0.25) is 0 Å². The number of aromatic nitrogens is 1. The van der Waals surface area contributed by atoms with Crippen LogP contribution in [0.5, 0.6) is 0 Å². The second kappa shape index (κ2) is 8.01. The van der Waals surface area contributed by atoms with Gasteiger partial charge in [-0.2, -0.15) is 0 Å². The molecule has 1 aliphatic rings. The average molecular weight is 336 g/mol. The summed E-state index contributed by atoms with van der Waals surface area (Å²) < 4.78 is 11.2. The molecular weight excluding hydrogens is 304 g/mol. The van der Waals surface area contributed by atoms with Gasteiger partial charge in [-0.05, 0) is 32.6 Å². The van der Waals surface area contributed by atoms with Crippen molar-refractivity contribution in [2.24, 2.45) is 16.3 Å². The number of nitrogens with one attached hydrogen (secondary N) is 2. The Kier molecular flexibility index (Phi) is 6.27. The minimum absolute atomic E-state index is 0.162. The highest BCUT2D eigenvalue weighted by molar-refractivity contribution is 5.79. The Labute approximate surface area is 145 Å². The number of ether oxygens (including phenoxy) is 1. The molecule has 1 fully saturated rings. The standard InChI is InChI=1S/C18H32N4O2/c1-7-19-17(21-11-15-12(2)22-24-13(15)3)20-10-14-8-9-23-16(14)18(4,5)6/h14,16H,7-11H2,1-6H3,(H2,19,20,21)/t14-,16-/m1/s1. The van der Waals surface area contributed by atoms with Crippen molar-refractivity contribution < 1.29 is 9.26 Å². The van der Waals surface area contributed by atoms with Crippen molar-refractivity contribution in [3.8, 4) is 0 Å². The van der Waals surface area contributed by atoms with E-state index in [9.17, 15) is 0 Å². The van der Waals surface area contributed by atoms with Crippen LogP contribution >= 0.6 is 0 Å². The van der Waals surface area contributed by atoms with Crippen molar-refractivity contribution in [3.05, 3.63) is 17.0 Å². The Morgan fingerprint density at radius 1 is 1.29 bits per heavy atom. The lowest BCUT2D eigenvalue weighted by Gasteiger charge is -2.31. The molecule has 0 amide bonds. The number of guanidine groups is 1. The number of hydrogen-bond donors (Lipinski definition) is 2. The lowest BCUT2D eigenvalue weighted by molar-refractivity contribution is 0.00801. The van der Waals surface area contributed by atoms with E-state index in [2.05, 4.69) is 48.5 Å². The topological polar surface area (TPSA) is 71.7 Å². The summed E-state index contributed by atoms with van der Waals surface area (Å²) in [6.07, 6.45) is 1.38. The first kappa shape index (κ1) is 18.8. The number of rotatable bonds is 5. The molecule has 2 rings (SSSR count). The molecular formula is C18H32N4O2. The van der Waals surface area contributed by atoms with E-state index in [1.165, 1.54) is 0 Å². The van der Waals surface area contributed by atoms with Crippen LogP contribution in [0.3, 0.4) is 0 Å². The van der Waals surface area contributed by atoms with Gasteiger partial charge in [0.25, 0.3) is 0 Å². The first-order valence-electron chi connectivity index (χ1n) is 8.88. The summed E-state index contributed by atoms with van der Waals surface area (Å²) in [6.45, 7) is 15.8. The lowest BCUT2D eigenvalue weighted by atomic mass is 9.81. The molecule has 6 nitrogen and oxygen atoms in total. The SMILES string of the molecule is CCNC(=NCc1c(C)noc1C)NC[C@H]1CCO[C@H]1C(C)(C)C. The fourth-order valence-electron chi connectivity index (χ4n) is 3.26. The van der Waals surface area contributed by atoms with E-state index in [1.807, 2.05) is 13.8 Å². The minimum Gasteiger partial charge on any atom is -0.377 e. The Morgan fingerprint density at radius 3 is 2.62 bits per heavy atom. The third-order valence-corrected chi connectivity index (χ3v) is 4.52. The van der Waals surface area contributed by atoms with Crippen molar-refractivity contribution in [1.29, 1.82) is 0 Å². The van der Waals surface area contributed by atoms with Crippen LogP contribution in [-0.2, 0) is 11.3 Å². The van der Waals surface area contributed by atoms with Gasteiger partial charge in [-0.1, -0.05) is 25.9 Å². The number of nitrogens with zero attached hydrogens (tertiary/aromatic N) is 2. The zero-order valence-electron chi connectivity index (χ0n) is 15.9. The van der Waals surface area contributed by atoms with E-state index < -0.39 is 0 Å². The van der Waals surface area contributed by atoms with Gasteiger partial charge < -0.3 is 19.9 Å². The molecule has 1 aliphatic heterocycles. The second-order valence-electron chi connectivity index (χ2n) is 7.58. The molecule has 1 aromatic heterocycles. The molecule has 0 bridgehead atoms. The van der Waals surface area contributed by atoms with E-state index in [1.54, 1.807) is 0 Å². The Balaban J connectivity index is 1.97. The minimum atomic E-state index is 0.162. The molecule has 0 unspecified atom stereocenters. The predicted octanol–water partition coefficient (Wildman–Crippen LogP) is 2.80. The van der Waals surface area contributed by atoms with Gasteiger partial charge in [0, 0.05) is 31.2 Å². The summed E-state index contributed by atoms with van der Waals surface area (Å²) in [7, 11) is 0. The molecule has 2 atom stereocenters. The Hall–Kier alpha value is -1.56. The lowest BCUT2D eigenvalue weighted by Crippen LogP contribution is -2.43. The summed E-state index contributed by atoms with van der Waals surface area (Å²) in [6, 6.07) is 0. The van der Waals surface area contributed by atoms with Crippen molar-refractivity contribution in [3.63, 3.8) is 0 Å². The highest BCUT2D eigenvalue weighted by atomic mass is 16.5. The molecule has 0 saturated carbocycles. The van der Waals surface area contributed by atoms with Crippen LogP contribution in [0, 0.1) is 25.2 Å². The van der Waals surface area contributed by atoms with Gasteiger partial charge in [0.05, 0.1) is 18.3 Å². The van der Waals surface area contributed by atoms with E-state index in [0.717, 1.165) is 49.1 Å². The van der Waals surface area contributed by atoms with E-state index in [-0.39, 0.29) is 11.5 Å². The average Bonchev–Trinajstić information content (AvgIpc) is 3.10. The summed E-state index contributed by atoms with van der Waals surface area (Å²) in [5.74, 6) is 2.18. The fraction of sp³-hybridized carbons (Fsp3) is 0.778. The third kappa shape index (κ3) is 4.72. The molecule has 1 aromatic rings. The second-order valence-corrected chi connectivity index (χ2v) is 7.58. The van der Waals surface area contributed by atoms with Gasteiger partial charge in [0.15, 0.2) is 5.96 Å². The van der Waals surface area contributed by atoms with Crippen molar-refractivity contribution in [2.75, 3.05) is 19.7 Å². The number of aliphatic imine (C=N–C) groups is 1. The maximum atomic E-state index is 5.95. The van der Waals surface area contributed by atoms with Gasteiger partial charge >= 0.3 is 0 Å². The van der Waals surface area contributed by atoms with E-state index in [0.29, 0.717) is 12.5 Å². The largest absolute Gasteiger partial charge is 0.377 e. The van der Waals surface area contributed by atoms with Gasteiger partial charge in [0.1, 0.15) is 5.76 Å². The first-order valence-corrected chi connectivity index (χ1v) is 8.88. The first-order chi connectivity index (χ1) is 11.3. The van der Waals surface area contributed by atoms with Crippen molar-refractivity contribution in [2.45, 2.75) is 60.6 Å². The quantitative estimate of drug-likeness (QED) is 0.639. The molecule has 1 saturated heterocycles. The highest BCUT2D eigenvalue weighted by Crippen LogP contribution is 2.34. The summed E-state index contributed by atoms with van der Waals surface area (Å²) in [5, 5.41) is 10.8. The normalized spacial score (nSPS) is 22.0. The van der Waals surface area contributed by atoms with Gasteiger partial charge in [-0.3, -0.25) is 0 Å². The van der Waals surface area contributed by atoms with Crippen LogP contribution in [0.4, 0.5) is 0 Å². The molecule has 0 aliphatic carbocycles. The molecule has 6 heteroatoms. The van der Waals surface area contributed by atoms with Crippen molar-refractivity contribution >= 4 is 5.96 Å². The Morgan fingerprint density at radius 2 is 2.04 bits per heavy atom. The molecule has 0 spiro atoms. The maximum absolute atomic E-state index is 5.95. The summed E-state index contributed by atoms with van der Waals surface area (Å²) in [4.78, 5) is 4.68. The Bertz CT molecular complexity index is 540. The van der Waals surface area contributed by atoms with Crippen molar-refractivity contribution in [1.82, 2.24) is 15.8 Å². The molecule has 2 heterocycles. The van der Waals surface area contributed by atoms with Crippen LogP contribution < -0.4 is 10.6 Å². The molecule has 136 valence electrons. The summed E-state index contributed by atoms with van der Waals surface area (Å²) >= 11 is 0. The van der Waals surface area contributed by atoms with E-state index >= 15 is 0 Å². The molecule has 0 aromatic carbocycles. The smallest absolute Gasteiger partial charge is 0.191 e. The molecule has 0 radical (unpaired) electrons. The maximum Gasteiger partial charge on any atom is 0.191 e. The molecule has 24 heavy (non-hydrogen) atoms. The summed E-state index contributed by atoms with van der Waals surface area (Å²) in [5.41, 5.74) is 2.13. The zero-order chi connectivity index (χ0) is 17.7. The number of hydrogen-bond acceptors (Lipinski definition) is 4. The van der Waals surface area contributed by atoms with Crippen LogP contribution in [-0.4, -0.2) is 36.9 Å². The zero-order valence-corrected chi connectivity index (χ0v) is 15.9. The van der Waals surface area contributed by atoms with Gasteiger partial charge in [-0.15, -0.1) is 0 Å².